The van der Waals surface area contributed by atoms with Crippen molar-refractivity contribution in [2.45, 2.75) is 53.1 Å². The van der Waals surface area contributed by atoms with Crippen LogP contribution in [-0.4, -0.2) is 24.2 Å². The molecule has 0 saturated heterocycles. The van der Waals surface area contributed by atoms with Gasteiger partial charge in [0.1, 0.15) is 16.9 Å². The first-order chi connectivity index (χ1) is 12.6. The molecule has 2 aromatic rings. The van der Waals surface area contributed by atoms with Crippen LogP contribution < -0.4 is 15.7 Å². The number of benzene rings is 1. The van der Waals surface area contributed by atoms with Gasteiger partial charge < -0.3 is 19.2 Å². The normalized spacial score (nSPS) is 11.3. The van der Waals surface area contributed by atoms with Gasteiger partial charge in [-0.05, 0) is 51.3 Å². The predicted octanol–water partition coefficient (Wildman–Crippen LogP) is 3.48. The Morgan fingerprint density at radius 3 is 2.52 bits per heavy atom. The Morgan fingerprint density at radius 2 is 1.89 bits per heavy atom. The van der Waals surface area contributed by atoms with E-state index in [0.717, 1.165) is 16.5 Å². The highest BCUT2D eigenvalue weighted by Crippen LogP contribution is 2.28. The number of nitrogens with one attached hydrogen (secondary N) is 1. The third kappa shape index (κ3) is 5.84. The number of aryl methyl sites for hydroxylation is 2. The minimum Gasteiger partial charge on any atom is -0.444 e. The molecular weight excluding hydrogens is 350 g/mol. The molecule has 1 amide bonds. The lowest BCUT2D eigenvalue weighted by Gasteiger charge is -2.19. The summed E-state index contributed by atoms with van der Waals surface area (Å²) in [6.45, 7) is 9.13. The molecule has 0 aliphatic heterocycles. The third-order valence-electron chi connectivity index (χ3n) is 3.73. The molecule has 1 N–H and O–H groups in total. The van der Waals surface area contributed by atoms with Crippen LogP contribution in [0.25, 0.3) is 11.0 Å². The van der Waals surface area contributed by atoms with Gasteiger partial charge in [0.2, 0.25) is 0 Å². The van der Waals surface area contributed by atoms with E-state index in [4.69, 9.17) is 13.9 Å². The Balaban J connectivity index is 2.05. The summed E-state index contributed by atoms with van der Waals surface area (Å²) in [5.41, 5.74) is 0.937. The second kappa shape index (κ2) is 8.24. The van der Waals surface area contributed by atoms with E-state index >= 15 is 0 Å². The van der Waals surface area contributed by atoms with E-state index in [1.54, 1.807) is 26.8 Å². The molecule has 0 saturated carbocycles. The number of fused-ring (bicyclic) bond motifs is 1. The Morgan fingerprint density at radius 1 is 1.19 bits per heavy atom. The van der Waals surface area contributed by atoms with E-state index in [9.17, 15) is 14.4 Å². The van der Waals surface area contributed by atoms with Crippen LogP contribution in [0, 0.1) is 6.92 Å². The van der Waals surface area contributed by atoms with Crippen LogP contribution in [0.3, 0.4) is 0 Å². The van der Waals surface area contributed by atoms with E-state index in [1.807, 2.05) is 19.9 Å². The molecule has 0 radical (unpaired) electrons. The van der Waals surface area contributed by atoms with E-state index in [2.05, 4.69) is 5.32 Å². The van der Waals surface area contributed by atoms with Crippen LogP contribution in [0.1, 0.15) is 45.2 Å². The molecule has 1 aromatic heterocycles. The average molecular weight is 375 g/mol. The number of ether oxygens (including phenoxy) is 2. The van der Waals surface area contributed by atoms with Crippen molar-refractivity contribution in [1.82, 2.24) is 5.32 Å². The lowest BCUT2D eigenvalue weighted by molar-refractivity contribution is -0.134. The molecule has 0 atom stereocenters. The lowest BCUT2D eigenvalue weighted by atomic mass is 10.1. The zero-order valence-electron chi connectivity index (χ0n) is 16.3. The molecule has 0 aliphatic carbocycles. The Bertz CT molecular complexity index is 907. The molecule has 0 fully saturated rings. The third-order valence-corrected chi connectivity index (χ3v) is 3.73. The van der Waals surface area contributed by atoms with Crippen molar-refractivity contribution in [1.29, 1.82) is 0 Å². The fourth-order valence-corrected chi connectivity index (χ4v) is 2.52. The fourth-order valence-electron chi connectivity index (χ4n) is 2.52. The van der Waals surface area contributed by atoms with Crippen molar-refractivity contribution in [3.63, 3.8) is 0 Å². The molecule has 7 heteroatoms. The van der Waals surface area contributed by atoms with Crippen LogP contribution >= 0.6 is 0 Å². The number of hydrogen-bond donors (Lipinski definition) is 1. The molecular formula is C20H25NO6. The molecule has 1 heterocycles. The van der Waals surface area contributed by atoms with E-state index in [-0.39, 0.29) is 13.0 Å². The Hall–Kier alpha value is -2.83. The summed E-state index contributed by atoms with van der Waals surface area (Å²) in [6, 6.07) is 4.84. The summed E-state index contributed by atoms with van der Waals surface area (Å²) in [6.07, 6.45) is 0.0402. The number of esters is 1. The van der Waals surface area contributed by atoms with Crippen LogP contribution in [0.4, 0.5) is 4.79 Å². The van der Waals surface area contributed by atoms with Gasteiger partial charge in [-0.15, -0.1) is 0 Å². The predicted molar refractivity (Wildman–Crippen MR) is 101 cm³/mol. The van der Waals surface area contributed by atoms with Gasteiger partial charge in [0.15, 0.2) is 0 Å². The van der Waals surface area contributed by atoms with Gasteiger partial charge in [0, 0.05) is 24.1 Å². The Labute approximate surface area is 157 Å². The summed E-state index contributed by atoms with van der Waals surface area (Å²) in [4.78, 5) is 35.3. The summed E-state index contributed by atoms with van der Waals surface area (Å²) in [5, 5.41) is 3.31. The largest absolute Gasteiger partial charge is 0.444 e. The number of carbonyl (C=O) groups is 2. The quantitative estimate of drug-likeness (QED) is 0.488. The van der Waals surface area contributed by atoms with E-state index < -0.39 is 23.3 Å². The van der Waals surface area contributed by atoms with Crippen LogP contribution in [0.2, 0.25) is 0 Å². The standard InChI is InChI=1S/C20H25NO6/c1-6-13-10-14-12(2)9-18(23)26-16(14)11-15(13)25-17(22)7-8-21-19(24)27-20(3,4)5/h9-11H,6-8H2,1-5H3,(H,21,24). The van der Waals surface area contributed by atoms with Gasteiger partial charge in [-0.3, -0.25) is 4.79 Å². The first kappa shape index (κ1) is 20.5. The summed E-state index contributed by atoms with van der Waals surface area (Å²) in [5.74, 6) is -0.156. The summed E-state index contributed by atoms with van der Waals surface area (Å²) < 4.78 is 15.7. The summed E-state index contributed by atoms with van der Waals surface area (Å²) in [7, 11) is 0. The van der Waals surface area contributed by atoms with Crippen molar-refractivity contribution in [2.24, 2.45) is 0 Å². The van der Waals surface area contributed by atoms with Gasteiger partial charge in [-0.25, -0.2) is 9.59 Å². The maximum atomic E-state index is 12.1. The number of hydrogen-bond acceptors (Lipinski definition) is 6. The minimum absolute atomic E-state index is 0.0157. The highest BCUT2D eigenvalue weighted by molar-refractivity contribution is 5.84. The van der Waals surface area contributed by atoms with Crippen molar-refractivity contribution >= 4 is 23.0 Å². The van der Waals surface area contributed by atoms with Gasteiger partial charge in [0.05, 0.1) is 6.42 Å². The van der Waals surface area contributed by atoms with E-state index in [0.29, 0.717) is 17.8 Å². The fraction of sp³-hybridized carbons (Fsp3) is 0.450. The zero-order valence-corrected chi connectivity index (χ0v) is 16.3. The number of alkyl carbamates (subject to hydrolysis) is 1. The first-order valence-corrected chi connectivity index (χ1v) is 8.84. The molecule has 1 aromatic carbocycles. The van der Waals surface area contributed by atoms with Crippen molar-refractivity contribution in [2.75, 3.05) is 6.54 Å². The van der Waals surface area contributed by atoms with Crippen molar-refractivity contribution in [3.8, 4) is 5.75 Å². The monoisotopic (exact) mass is 375 g/mol. The smallest absolute Gasteiger partial charge is 0.407 e. The second-order valence-corrected chi connectivity index (χ2v) is 7.21. The highest BCUT2D eigenvalue weighted by Gasteiger charge is 2.17. The SMILES string of the molecule is CCc1cc2c(C)cc(=O)oc2cc1OC(=O)CCNC(=O)OC(C)(C)C. The zero-order chi connectivity index (χ0) is 20.2. The van der Waals surface area contributed by atoms with Gasteiger partial charge in [-0.2, -0.15) is 0 Å². The second-order valence-electron chi connectivity index (χ2n) is 7.21. The highest BCUT2D eigenvalue weighted by atomic mass is 16.6. The van der Waals surface area contributed by atoms with Crippen molar-refractivity contribution in [3.05, 3.63) is 39.7 Å². The molecule has 0 unspecified atom stereocenters. The molecule has 0 spiro atoms. The average Bonchev–Trinajstić information content (AvgIpc) is 2.52. The van der Waals surface area contributed by atoms with E-state index in [1.165, 1.54) is 6.07 Å². The van der Waals surface area contributed by atoms with Crippen LogP contribution in [0.15, 0.2) is 27.4 Å². The van der Waals surface area contributed by atoms with Gasteiger partial charge in [0.25, 0.3) is 0 Å². The van der Waals surface area contributed by atoms with Gasteiger partial charge in [-0.1, -0.05) is 6.92 Å². The number of carbonyl (C=O) groups excluding carboxylic acids is 2. The molecule has 0 aliphatic rings. The minimum atomic E-state index is -0.603. The molecule has 2 rings (SSSR count). The van der Waals surface area contributed by atoms with Crippen LogP contribution in [0.5, 0.6) is 5.75 Å². The Kier molecular flexibility index (Phi) is 6.25. The maximum absolute atomic E-state index is 12.1. The molecule has 146 valence electrons. The van der Waals surface area contributed by atoms with Gasteiger partial charge >= 0.3 is 17.7 Å². The first-order valence-electron chi connectivity index (χ1n) is 8.84. The molecule has 0 bridgehead atoms. The lowest BCUT2D eigenvalue weighted by Crippen LogP contribution is -2.34. The topological polar surface area (TPSA) is 94.8 Å². The van der Waals surface area contributed by atoms with Crippen molar-refractivity contribution < 1.29 is 23.5 Å². The summed E-state index contributed by atoms with van der Waals surface area (Å²) >= 11 is 0. The maximum Gasteiger partial charge on any atom is 0.407 e. The number of rotatable bonds is 5. The number of amides is 1. The molecule has 27 heavy (non-hydrogen) atoms. The van der Waals surface area contributed by atoms with Crippen LogP contribution in [-0.2, 0) is 16.0 Å². The molecule has 7 nitrogen and oxygen atoms in total.